The van der Waals surface area contributed by atoms with Crippen LogP contribution in [0.2, 0.25) is 0 Å². The van der Waals surface area contributed by atoms with Crippen molar-refractivity contribution >= 4 is 27.1 Å². The minimum Gasteiger partial charge on any atom is -0.394 e. The zero-order valence-corrected chi connectivity index (χ0v) is 10.6. The van der Waals surface area contributed by atoms with E-state index in [1.807, 2.05) is 0 Å². The Kier molecular flexibility index (Phi) is 9.17. The summed E-state index contributed by atoms with van der Waals surface area (Å²) in [5, 5.41) is 34.1. The van der Waals surface area contributed by atoms with Gasteiger partial charge in [-0.15, -0.1) is 3.63 Å². The first-order valence-electron chi connectivity index (χ1n) is 4.10. The Hall–Kier alpha value is -0.710. The highest BCUT2D eigenvalue weighted by atomic mass is 32.3. The number of carbonyl (C=O) groups is 1. The third-order valence-corrected chi connectivity index (χ3v) is 2.62. The number of rotatable bonds is 6. The monoisotopic (exact) mass is 328 g/mol. The van der Waals surface area contributed by atoms with Gasteiger partial charge in [0.05, 0.1) is 6.61 Å². The SMILES string of the molecule is O=CC(O)C(O)C(O)CO.O=S(=O)(O)OS(=O)(=O)O. The maximum Gasteiger partial charge on any atom is 0.413 e. The van der Waals surface area contributed by atoms with Crippen molar-refractivity contribution in [2.45, 2.75) is 18.3 Å². The zero-order chi connectivity index (χ0) is 15.9. The van der Waals surface area contributed by atoms with E-state index in [1.54, 1.807) is 0 Å². The van der Waals surface area contributed by atoms with Crippen LogP contribution in [0.25, 0.3) is 0 Å². The molecule has 0 fully saturated rings. The van der Waals surface area contributed by atoms with Gasteiger partial charge in [0.25, 0.3) is 0 Å². The van der Waals surface area contributed by atoms with Gasteiger partial charge in [0, 0.05) is 0 Å². The molecule has 3 atom stereocenters. The highest BCUT2D eigenvalue weighted by Gasteiger charge is 2.22. The van der Waals surface area contributed by atoms with E-state index >= 15 is 0 Å². The first-order chi connectivity index (χ1) is 8.34. The van der Waals surface area contributed by atoms with Gasteiger partial charge in [0.2, 0.25) is 0 Å². The smallest absolute Gasteiger partial charge is 0.394 e. The Balaban J connectivity index is 0. The molecule has 0 aliphatic rings. The Morgan fingerprint density at radius 1 is 1.00 bits per heavy atom. The Morgan fingerprint density at radius 2 is 1.37 bits per heavy atom. The molecule has 0 saturated carbocycles. The molecule has 19 heavy (non-hydrogen) atoms. The molecule has 0 radical (unpaired) electrons. The molecule has 14 heteroatoms. The maximum atomic E-state index is 9.76. The van der Waals surface area contributed by atoms with Gasteiger partial charge in [0.15, 0.2) is 6.29 Å². The van der Waals surface area contributed by atoms with Crippen molar-refractivity contribution in [2.75, 3.05) is 6.61 Å². The Bertz CT molecular complexity index is 421. The minimum absolute atomic E-state index is 0.0869. The summed E-state index contributed by atoms with van der Waals surface area (Å²) in [6.07, 6.45) is -4.63. The fourth-order valence-electron chi connectivity index (χ4n) is 0.525. The topological polar surface area (TPSA) is 216 Å². The van der Waals surface area contributed by atoms with E-state index in [-0.39, 0.29) is 6.29 Å². The standard InChI is InChI=1S/C5H10O5.H2O7S2/c6-1-3(8)5(10)4(9)2-7;1-8(2,3)7-9(4,5)6/h1,3-5,7-10H,2H2;(H,1,2,3)(H,4,5,6). The Morgan fingerprint density at radius 3 is 1.53 bits per heavy atom. The van der Waals surface area contributed by atoms with Crippen LogP contribution in [0.5, 0.6) is 0 Å². The van der Waals surface area contributed by atoms with Crippen LogP contribution in [0.4, 0.5) is 0 Å². The quantitative estimate of drug-likeness (QED) is 0.202. The van der Waals surface area contributed by atoms with Gasteiger partial charge in [0.1, 0.15) is 18.3 Å². The van der Waals surface area contributed by atoms with Crippen LogP contribution in [0, 0.1) is 0 Å². The molecule has 0 bridgehead atoms. The number of aliphatic hydroxyl groups excluding tert-OH is 4. The van der Waals surface area contributed by atoms with Crippen LogP contribution >= 0.6 is 0 Å². The van der Waals surface area contributed by atoms with Crippen LogP contribution < -0.4 is 0 Å². The van der Waals surface area contributed by atoms with E-state index in [4.69, 9.17) is 29.5 Å². The highest BCUT2D eigenvalue weighted by Crippen LogP contribution is 1.96. The zero-order valence-electron chi connectivity index (χ0n) is 8.97. The van der Waals surface area contributed by atoms with Crippen molar-refractivity contribution in [2.24, 2.45) is 0 Å². The maximum absolute atomic E-state index is 9.76. The van der Waals surface area contributed by atoms with Gasteiger partial charge in [-0.2, -0.15) is 16.8 Å². The molecular weight excluding hydrogens is 316 g/mol. The van der Waals surface area contributed by atoms with Gasteiger partial charge in [-0.25, -0.2) is 0 Å². The average Bonchev–Trinajstić information content (AvgIpc) is 2.21. The lowest BCUT2D eigenvalue weighted by Crippen LogP contribution is -2.40. The number of aliphatic hydroxyl groups is 4. The summed E-state index contributed by atoms with van der Waals surface area (Å²) in [7, 11) is -10.2. The summed E-state index contributed by atoms with van der Waals surface area (Å²) in [5.41, 5.74) is 0. The van der Waals surface area contributed by atoms with Gasteiger partial charge < -0.3 is 25.2 Å². The lowest BCUT2D eigenvalue weighted by atomic mass is 10.1. The molecule has 3 unspecified atom stereocenters. The molecule has 0 aliphatic carbocycles. The molecule has 0 spiro atoms. The third-order valence-electron chi connectivity index (χ3n) is 1.24. The first-order valence-corrected chi connectivity index (χ1v) is 6.83. The lowest BCUT2D eigenvalue weighted by molar-refractivity contribution is -0.127. The summed E-state index contributed by atoms with van der Waals surface area (Å²) in [4.78, 5) is 9.76. The van der Waals surface area contributed by atoms with E-state index in [0.717, 1.165) is 0 Å². The fraction of sp³-hybridized carbons (Fsp3) is 0.800. The predicted molar refractivity (Wildman–Crippen MR) is 55.4 cm³/mol. The van der Waals surface area contributed by atoms with Crippen LogP contribution in [0.15, 0.2) is 0 Å². The first kappa shape index (κ1) is 20.6. The summed E-state index contributed by atoms with van der Waals surface area (Å²) in [5.74, 6) is 0. The lowest BCUT2D eigenvalue weighted by Gasteiger charge is -2.16. The van der Waals surface area contributed by atoms with Gasteiger partial charge in [-0.1, -0.05) is 0 Å². The van der Waals surface area contributed by atoms with Crippen LogP contribution in [0.3, 0.4) is 0 Å². The number of aldehydes is 1. The second-order valence-electron chi connectivity index (χ2n) is 2.79. The molecular formula is C5H12O12S2. The van der Waals surface area contributed by atoms with Crippen molar-refractivity contribution in [1.29, 1.82) is 0 Å². The predicted octanol–water partition coefficient (Wildman–Crippen LogP) is -4.13. The molecule has 6 N–H and O–H groups in total. The van der Waals surface area contributed by atoms with Gasteiger partial charge >= 0.3 is 20.8 Å². The highest BCUT2D eigenvalue weighted by molar-refractivity contribution is 7.94. The van der Waals surface area contributed by atoms with E-state index in [9.17, 15) is 21.6 Å². The number of carbonyl (C=O) groups excluding carboxylic acids is 1. The normalized spacial score (nSPS) is 16.7. The molecule has 0 aromatic rings. The van der Waals surface area contributed by atoms with Crippen LogP contribution in [-0.4, -0.2) is 77.6 Å². The fourth-order valence-corrected chi connectivity index (χ4v) is 1.39. The molecule has 0 saturated heterocycles. The molecule has 0 heterocycles. The third kappa shape index (κ3) is 13.5. The number of hydrogen-bond donors (Lipinski definition) is 6. The van der Waals surface area contributed by atoms with Crippen LogP contribution in [-0.2, 0) is 29.2 Å². The van der Waals surface area contributed by atoms with Crippen LogP contribution in [0.1, 0.15) is 0 Å². The summed E-state index contributed by atoms with van der Waals surface area (Å²) < 4.78 is 55.6. The molecule has 116 valence electrons. The molecule has 0 rings (SSSR count). The summed E-state index contributed by atoms with van der Waals surface area (Å²) in [6, 6.07) is 0. The van der Waals surface area contributed by atoms with E-state index in [0.29, 0.717) is 0 Å². The van der Waals surface area contributed by atoms with Crippen molar-refractivity contribution in [3.8, 4) is 0 Å². The van der Waals surface area contributed by atoms with Gasteiger partial charge in [-0.3, -0.25) is 9.11 Å². The molecule has 0 amide bonds. The summed E-state index contributed by atoms with van der Waals surface area (Å²) in [6.45, 7) is -0.688. The largest absolute Gasteiger partial charge is 0.413 e. The molecule has 0 aromatic carbocycles. The van der Waals surface area contributed by atoms with E-state index < -0.39 is 45.7 Å². The molecule has 0 aromatic heterocycles. The van der Waals surface area contributed by atoms with Crippen molar-refractivity contribution in [3.05, 3.63) is 0 Å². The number of hydrogen-bond acceptors (Lipinski definition) is 10. The van der Waals surface area contributed by atoms with Crippen molar-refractivity contribution in [3.63, 3.8) is 0 Å². The summed E-state index contributed by atoms with van der Waals surface area (Å²) >= 11 is 0. The van der Waals surface area contributed by atoms with Crippen molar-refractivity contribution in [1.82, 2.24) is 0 Å². The van der Waals surface area contributed by atoms with Crippen molar-refractivity contribution < 1.29 is 54.8 Å². The Labute approximate surface area is 107 Å². The van der Waals surface area contributed by atoms with Gasteiger partial charge in [-0.05, 0) is 0 Å². The average molecular weight is 328 g/mol. The molecule has 12 nitrogen and oxygen atoms in total. The second-order valence-corrected chi connectivity index (χ2v) is 5.05. The van der Waals surface area contributed by atoms with E-state index in [2.05, 4.69) is 3.63 Å². The minimum atomic E-state index is -5.12. The van der Waals surface area contributed by atoms with E-state index in [1.165, 1.54) is 0 Å². The second kappa shape index (κ2) is 8.46. The molecule has 0 aliphatic heterocycles.